The largest absolute Gasteiger partial charge is 0.469 e. The minimum Gasteiger partial charge on any atom is -0.469 e. The van der Waals surface area contributed by atoms with E-state index in [0.717, 1.165) is 29.5 Å². The molecule has 3 aromatic rings. The Morgan fingerprint density at radius 1 is 1.16 bits per heavy atom. The zero-order chi connectivity index (χ0) is 23.1. The Hall–Kier alpha value is -3.13. The molecule has 1 heterocycles. The number of aromatic nitrogens is 2. The molecule has 168 valence electrons. The molecule has 8 heteroatoms. The Labute approximate surface area is 191 Å². The van der Waals surface area contributed by atoms with E-state index in [4.69, 9.17) is 4.74 Å². The topological polar surface area (TPSA) is 72.4 Å². The maximum atomic E-state index is 14.2. The van der Waals surface area contributed by atoms with Crippen LogP contribution in [0, 0.1) is 12.7 Å². The third-order valence-electron chi connectivity index (χ3n) is 5.10. The van der Waals surface area contributed by atoms with E-state index >= 15 is 0 Å². The van der Waals surface area contributed by atoms with Crippen LogP contribution in [0.25, 0.3) is 10.6 Å². The zero-order valence-corrected chi connectivity index (χ0v) is 19.2. The van der Waals surface area contributed by atoms with Gasteiger partial charge in [-0.1, -0.05) is 55.0 Å². The highest BCUT2D eigenvalue weighted by Gasteiger charge is 2.24. The van der Waals surface area contributed by atoms with Crippen molar-refractivity contribution in [2.75, 3.05) is 18.6 Å². The van der Waals surface area contributed by atoms with Gasteiger partial charge in [-0.05, 0) is 43.0 Å². The monoisotopic (exact) mass is 455 g/mol. The number of halogens is 1. The molecule has 0 aliphatic heterocycles. The molecular weight excluding hydrogens is 429 g/mol. The summed E-state index contributed by atoms with van der Waals surface area (Å²) in [5.41, 5.74) is 2.95. The molecule has 32 heavy (non-hydrogen) atoms. The number of benzene rings is 2. The van der Waals surface area contributed by atoms with Gasteiger partial charge in [0.2, 0.25) is 5.13 Å². The summed E-state index contributed by atoms with van der Waals surface area (Å²) in [6.45, 7) is 4.43. The molecule has 1 aromatic heterocycles. The van der Waals surface area contributed by atoms with E-state index in [9.17, 15) is 14.0 Å². The van der Waals surface area contributed by atoms with Crippen LogP contribution in [-0.2, 0) is 16.0 Å². The molecule has 0 saturated carbocycles. The van der Waals surface area contributed by atoms with Gasteiger partial charge in [0.15, 0.2) is 0 Å². The molecule has 0 unspecified atom stereocenters. The Kier molecular flexibility index (Phi) is 8.05. The van der Waals surface area contributed by atoms with Crippen LogP contribution >= 0.6 is 11.3 Å². The molecule has 0 spiro atoms. The lowest BCUT2D eigenvalue weighted by atomic mass is 10.0. The Bertz CT molecular complexity index is 1100. The second kappa shape index (κ2) is 10.9. The number of hydrogen-bond donors (Lipinski definition) is 0. The fraction of sp³-hybridized carbons (Fsp3) is 0.333. The Morgan fingerprint density at radius 3 is 2.62 bits per heavy atom. The number of ether oxygens (including phenoxy) is 1. The van der Waals surface area contributed by atoms with Crippen molar-refractivity contribution in [1.82, 2.24) is 10.2 Å². The van der Waals surface area contributed by atoms with Crippen molar-refractivity contribution < 1.29 is 18.7 Å². The van der Waals surface area contributed by atoms with Crippen LogP contribution in [0.4, 0.5) is 9.52 Å². The number of aryl methyl sites for hydroxylation is 2. The Balaban J connectivity index is 1.85. The first kappa shape index (κ1) is 23.5. The molecule has 6 nitrogen and oxygen atoms in total. The molecule has 0 saturated heterocycles. The highest BCUT2D eigenvalue weighted by atomic mass is 32.1. The summed E-state index contributed by atoms with van der Waals surface area (Å²) in [5.74, 6) is -1.22. The number of amides is 1. The number of unbranched alkanes of at least 4 members (excludes halogenated alkanes) is 1. The lowest BCUT2D eigenvalue weighted by molar-refractivity contribution is -0.140. The van der Waals surface area contributed by atoms with Crippen LogP contribution in [0.3, 0.4) is 0 Å². The normalized spacial score (nSPS) is 10.8. The van der Waals surface area contributed by atoms with Crippen molar-refractivity contribution in [2.24, 2.45) is 0 Å². The number of carbonyl (C=O) groups is 2. The summed E-state index contributed by atoms with van der Waals surface area (Å²) in [7, 11) is 1.38. The van der Waals surface area contributed by atoms with Gasteiger partial charge in [-0.15, -0.1) is 10.2 Å². The van der Waals surface area contributed by atoms with Crippen molar-refractivity contribution >= 4 is 28.3 Å². The summed E-state index contributed by atoms with van der Waals surface area (Å²) >= 11 is 1.30. The molecule has 0 aliphatic rings. The smallest absolute Gasteiger partial charge is 0.305 e. The SMILES string of the molecule is CCCCN(C(=O)c1ccccc1F)c1nnc(-c2ccc(CCC(=O)OC)cc2C)s1. The van der Waals surface area contributed by atoms with Gasteiger partial charge >= 0.3 is 5.97 Å². The first-order valence-electron chi connectivity index (χ1n) is 10.5. The predicted molar refractivity (Wildman–Crippen MR) is 123 cm³/mol. The number of carbonyl (C=O) groups excluding carboxylic acids is 2. The molecule has 0 fully saturated rings. The average Bonchev–Trinajstić information content (AvgIpc) is 3.27. The van der Waals surface area contributed by atoms with E-state index in [-0.39, 0.29) is 11.5 Å². The number of rotatable bonds is 9. The third kappa shape index (κ3) is 5.56. The van der Waals surface area contributed by atoms with E-state index in [1.807, 2.05) is 32.0 Å². The van der Waals surface area contributed by atoms with E-state index in [1.165, 1.54) is 35.5 Å². The second-order valence-corrected chi connectivity index (χ2v) is 8.36. The van der Waals surface area contributed by atoms with Crippen molar-refractivity contribution in [3.8, 4) is 10.6 Å². The standard InChI is InChI=1S/C24H26FN3O3S/c1-4-5-14-28(23(30)19-8-6-7-9-20(19)25)24-27-26-22(32-24)18-12-10-17(15-16(18)2)11-13-21(29)31-3/h6-10,12,15H,4-5,11,13-14H2,1-3H3. The highest BCUT2D eigenvalue weighted by molar-refractivity contribution is 7.18. The fourth-order valence-corrected chi connectivity index (χ4v) is 4.24. The number of hydrogen-bond acceptors (Lipinski definition) is 6. The van der Waals surface area contributed by atoms with E-state index < -0.39 is 11.7 Å². The molecule has 1 amide bonds. The van der Waals surface area contributed by atoms with Gasteiger partial charge in [0, 0.05) is 18.5 Å². The van der Waals surface area contributed by atoms with Gasteiger partial charge in [0.1, 0.15) is 10.8 Å². The van der Waals surface area contributed by atoms with Crippen LogP contribution < -0.4 is 4.90 Å². The van der Waals surface area contributed by atoms with Gasteiger partial charge in [-0.3, -0.25) is 14.5 Å². The molecule has 2 aromatic carbocycles. The van der Waals surface area contributed by atoms with Crippen LogP contribution in [-0.4, -0.2) is 35.7 Å². The molecule has 0 radical (unpaired) electrons. The van der Waals surface area contributed by atoms with Gasteiger partial charge in [0.05, 0.1) is 12.7 Å². The number of nitrogens with zero attached hydrogens (tertiary/aromatic N) is 3. The molecular formula is C24H26FN3O3S. The second-order valence-electron chi connectivity index (χ2n) is 7.41. The van der Waals surface area contributed by atoms with Gasteiger partial charge in [-0.25, -0.2) is 4.39 Å². The first-order chi connectivity index (χ1) is 15.4. The van der Waals surface area contributed by atoms with E-state index in [1.54, 1.807) is 12.1 Å². The van der Waals surface area contributed by atoms with Crippen molar-refractivity contribution in [3.63, 3.8) is 0 Å². The molecule has 0 N–H and O–H groups in total. The number of methoxy groups -OCH3 is 1. The van der Waals surface area contributed by atoms with Gasteiger partial charge in [-0.2, -0.15) is 0 Å². The summed E-state index contributed by atoms with van der Waals surface area (Å²) < 4.78 is 18.9. The quantitative estimate of drug-likeness (QED) is 0.415. The van der Waals surface area contributed by atoms with Crippen molar-refractivity contribution in [2.45, 2.75) is 39.5 Å². The summed E-state index contributed by atoms with van der Waals surface area (Å²) in [6.07, 6.45) is 2.57. The first-order valence-corrected chi connectivity index (χ1v) is 11.3. The summed E-state index contributed by atoms with van der Waals surface area (Å²) in [5, 5.41) is 9.67. The molecule has 3 rings (SSSR count). The molecule has 0 atom stereocenters. The number of anilines is 1. The van der Waals surface area contributed by atoms with Crippen molar-refractivity contribution in [3.05, 3.63) is 65.0 Å². The number of esters is 1. The van der Waals surface area contributed by atoms with E-state index in [2.05, 4.69) is 10.2 Å². The van der Waals surface area contributed by atoms with E-state index in [0.29, 0.717) is 29.5 Å². The van der Waals surface area contributed by atoms with Crippen molar-refractivity contribution in [1.29, 1.82) is 0 Å². The lowest BCUT2D eigenvalue weighted by Gasteiger charge is -2.19. The van der Waals surface area contributed by atoms with Crippen LogP contribution in [0.15, 0.2) is 42.5 Å². The zero-order valence-electron chi connectivity index (χ0n) is 18.4. The lowest BCUT2D eigenvalue weighted by Crippen LogP contribution is -2.32. The maximum Gasteiger partial charge on any atom is 0.305 e. The average molecular weight is 456 g/mol. The highest BCUT2D eigenvalue weighted by Crippen LogP contribution is 2.32. The third-order valence-corrected chi connectivity index (χ3v) is 6.08. The maximum absolute atomic E-state index is 14.2. The van der Waals surface area contributed by atoms with Crippen LogP contribution in [0.1, 0.15) is 47.7 Å². The predicted octanol–water partition coefficient (Wildman–Crippen LogP) is 5.21. The summed E-state index contributed by atoms with van der Waals surface area (Å²) in [6, 6.07) is 11.9. The fourth-order valence-electron chi connectivity index (χ4n) is 3.28. The van der Waals surface area contributed by atoms with Crippen LogP contribution in [0.5, 0.6) is 0 Å². The van der Waals surface area contributed by atoms with Gasteiger partial charge < -0.3 is 4.74 Å². The van der Waals surface area contributed by atoms with Crippen LogP contribution in [0.2, 0.25) is 0 Å². The summed E-state index contributed by atoms with van der Waals surface area (Å²) in [4.78, 5) is 26.0. The van der Waals surface area contributed by atoms with Gasteiger partial charge in [0.25, 0.3) is 5.91 Å². The Morgan fingerprint density at radius 2 is 1.94 bits per heavy atom. The minimum atomic E-state index is -0.554. The minimum absolute atomic E-state index is 0.0199. The molecule has 0 aliphatic carbocycles. The molecule has 0 bridgehead atoms.